The first-order valence-electron chi connectivity index (χ1n) is 8.25. The molecule has 0 heterocycles. The van der Waals surface area contributed by atoms with Gasteiger partial charge in [0.2, 0.25) is 0 Å². The van der Waals surface area contributed by atoms with E-state index in [0.717, 1.165) is 38.6 Å². The third kappa shape index (κ3) is 15.3. The van der Waals surface area contributed by atoms with Crippen LogP contribution in [-0.4, -0.2) is 58.2 Å². The molecule has 0 bridgehead atoms. The number of nitrogens with one attached hydrogen (secondary N) is 2. The summed E-state index contributed by atoms with van der Waals surface area (Å²) in [7, 11) is 0. The Morgan fingerprint density at radius 3 is 2.46 bits per heavy atom. The normalized spacial score (nSPS) is 15.1. The highest BCUT2D eigenvalue weighted by atomic mass is 127. The predicted molar refractivity (Wildman–Crippen MR) is 99.0 cm³/mol. The Kier molecular flexibility index (Phi) is 13.8. The third-order valence-corrected chi connectivity index (χ3v) is 3.14. The summed E-state index contributed by atoms with van der Waals surface area (Å²) in [5.74, 6) is 1.45. The van der Waals surface area contributed by atoms with Crippen molar-refractivity contribution in [1.82, 2.24) is 10.6 Å². The number of alkyl halides is 3. The Labute approximate surface area is 159 Å². The molecule has 0 spiro atoms. The summed E-state index contributed by atoms with van der Waals surface area (Å²) < 4.78 is 45.7. The average molecular weight is 467 g/mol. The molecule has 1 aliphatic rings. The van der Waals surface area contributed by atoms with Gasteiger partial charge in [-0.05, 0) is 38.5 Å². The van der Waals surface area contributed by atoms with Gasteiger partial charge in [-0.1, -0.05) is 0 Å². The summed E-state index contributed by atoms with van der Waals surface area (Å²) in [6.45, 7) is 4.32. The highest BCUT2D eigenvalue weighted by Gasteiger charge is 2.27. The molecule has 0 saturated heterocycles. The first kappa shape index (κ1) is 23.7. The van der Waals surface area contributed by atoms with E-state index in [-0.39, 0.29) is 30.6 Å². The maximum atomic E-state index is 11.9. The molecule has 1 rings (SSSR count). The van der Waals surface area contributed by atoms with Gasteiger partial charge in [0, 0.05) is 39.5 Å². The molecular weight excluding hydrogens is 438 g/mol. The Balaban J connectivity index is 0.00000529. The van der Waals surface area contributed by atoms with Gasteiger partial charge in [-0.15, -0.1) is 24.0 Å². The molecule has 0 aliphatic heterocycles. The number of aliphatic imine (C=N–C) groups is 1. The summed E-state index contributed by atoms with van der Waals surface area (Å²) >= 11 is 0. The number of ether oxygens (including phenoxy) is 2. The van der Waals surface area contributed by atoms with Crippen molar-refractivity contribution in [3.63, 3.8) is 0 Å². The second-order valence-corrected chi connectivity index (χ2v) is 5.58. The van der Waals surface area contributed by atoms with E-state index in [1.165, 1.54) is 12.8 Å². The number of nitrogens with zero attached hydrogens (tertiary/aromatic N) is 1. The van der Waals surface area contributed by atoms with Crippen LogP contribution in [0.5, 0.6) is 0 Å². The largest absolute Gasteiger partial charge is 0.411 e. The maximum absolute atomic E-state index is 11.9. The summed E-state index contributed by atoms with van der Waals surface area (Å²) in [6, 6.07) is 0. The third-order valence-electron chi connectivity index (χ3n) is 3.14. The number of rotatable bonds is 12. The minimum absolute atomic E-state index is 0. The molecule has 0 aromatic rings. The fraction of sp³-hybridized carbons (Fsp3) is 0.933. The molecule has 0 atom stereocenters. The predicted octanol–water partition coefficient (Wildman–Crippen LogP) is 2.95. The van der Waals surface area contributed by atoms with E-state index in [1.54, 1.807) is 0 Å². The van der Waals surface area contributed by atoms with Crippen LogP contribution in [0.2, 0.25) is 0 Å². The lowest BCUT2D eigenvalue weighted by molar-refractivity contribution is -0.173. The second kappa shape index (κ2) is 13.9. The molecule has 24 heavy (non-hydrogen) atoms. The molecule has 0 aromatic carbocycles. The molecule has 5 nitrogen and oxygen atoms in total. The van der Waals surface area contributed by atoms with Crippen LogP contribution in [0.4, 0.5) is 13.2 Å². The summed E-state index contributed by atoms with van der Waals surface area (Å²) in [6.07, 6.45) is -0.325. The molecule has 9 heteroatoms. The Bertz CT molecular complexity index is 340. The van der Waals surface area contributed by atoms with Crippen LogP contribution in [0.15, 0.2) is 4.99 Å². The second-order valence-electron chi connectivity index (χ2n) is 5.58. The van der Waals surface area contributed by atoms with E-state index < -0.39 is 12.8 Å². The summed E-state index contributed by atoms with van der Waals surface area (Å²) in [4.78, 5) is 4.30. The van der Waals surface area contributed by atoms with Crippen LogP contribution in [-0.2, 0) is 9.47 Å². The standard InChI is InChI=1S/C15H28F3N3O2.HI/c1-2-19-14(20-7-3-9-22-11-13-5-6-13)21-8-4-10-23-12-15(16,17)18;/h13H,2-12H2,1H3,(H2,19,20,21);1H. The number of hydrogen-bond donors (Lipinski definition) is 2. The Morgan fingerprint density at radius 2 is 1.83 bits per heavy atom. The van der Waals surface area contributed by atoms with Crippen LogP contribution in [0.1, 0.15) is 32.6 Å². The number of guanidine groups is 1. The molecule has 1 fully saturated rings. The smallest absolute Gasteiger partial charge is 0.381 e. The van der Waals surface area contributed by atoms with Crippen molar-refractivity contribution in [2.75, 3.05) is 46.1 Å². The van der Waals surface area contributed by atoms with Crippen LogP contribution in [0.25, 0.3) is 0 Å². The highest BCUT2D eigenvalue weighted by Crippen LogP contribution is 2.28. The van der Waals surface area contributed by atoms with Crippen LogP contribution in [0.3, 0.4) is 0 Å². The molecule has 2 N–H and O–H groups in total. The van der Waals surface area contributed by atoms with Crippen molar-refractivity contribution in [1.29, 1.82) is 0 Å². The lowest BCUT2D eigenvalue weighted by atomic mass is 10.4. The van der Waals surface area contributed by atoms with Gasteiger partial charge < -0.3 is 20.1 Å². The minimum Gasteiger partial charge on any atom is -0.381 e. The van der Waals surface area contributed by atoms with Crippen LogP contribution < -0.4 is 10.6 Å². The monoisotopic (exact) mass is 467 g/mol. The molecule has 0 radical (unpaired) electrons. The molecule has 0 aromatic heterocycles. The molecule has 0 amide bonds. The highest BCUT2D eigenvalue weighted by molar-refractivity contribution is 14.0. The Hall–Kier alpha value is -0.290. The van der Waals surface area contributed by atoms with Gasteiger partial charge in [0.05, 0.1) is 0 Å². The quantitative estimate of drug-likeness (QED) is 0.201. The van der Waals surface area contributed by atoms with Crippen LogP contribution in [0, 0.1) is 5.92 Å². The van der Waals surface area contributed by atoms with Crippen molar-refractivity contribution in [2.24, 2.45) is 10.9 Å². The van der Waals surface area contributed by atoms with E-state index in [9.17, 15) is 13.2 Å². The van der Waals surface area contributed by atoms with Crippen molar-refractivity contribution in [3.05, 3.63) is 0 Å². The van der Waals surface area contributed by atoms with Gasteiger partial charge in [0.1, 0.15) is 6.61 Å². The van der Waals surface area contributed by atoms with Gasteiger partial charge in [0.25, 0.3) is 0 Å². The molecular formula is C15H29F3IN3O2. The number of halogens is 4. The van der Waals surface area contributed by atoms with E-state index in [2.05, 4.69) is 20.4 Å². The van der Waals surface area contributed by atoms with Crippen molar-refractivity contribution in [3.8, 4) is 0 Å². The molecule has 1 saturated carbocycles. The van der Waals surface area contributed by atoms with Gasteiger partial charge in [-0.25, -0.2) is 0 Å². The van der Waals surface area contributed by atoms with Crippen molar-refractivity contribution < 1.29 is 22.6 Å². The topological polar surface area (TPSA) is 54.9 Å². The zero-order valence-electron chi connectivity index (χ0n) is 14.2. The van der Waals surface area contributed by atoms with E-state index in [1.807, 2.05) is 6.92 Å². The lowest BCUT2D eigenvalue weighted by Gasteiger charge is -2.11. The average Bonchev–Trinajstić information content (AvgIpc) is 3.29. The van der Waals surface area contributed by atoms with Crippen molar-refractivity contribution >= 4 is 29.9 Å². The van der Waals surface area contributed by atoms with Crippen LogP contribution >= 0.6 is 24.0 Å². The summed E-state index contributed by atoms with van der Waals surface area (Å²) in [5.41, 5.74) is 0. The first-order chi connectivity index (χ1) is 11.0. The fourth-order valence-electron chi connectivity index (χ4n) is 1.80. The molecule has 144 valence electrons. The van der Waals surface area contributed by atoms with Gasteiger partial charge in [-0.2, -0.15) is 13.2 Å². The van der Waals surface area contributed by atoms with Gasteiger partial charge in [-0.3, -0.25) is 4.99 Å². The van der Waals surface area contributed by atoms with E-state index in [0.29, 0.717) is 18.9 Å². The maximum Gasteiger partial charge on any atom is 0.411 e. The number of hydrogen-bond acceptors (Lipinski definition) is 3. The molecule has 1 aliphatic carbocycles. The van der Waals surface area contributed by atoms with E-state index in [4.69, 9.17) is 4.74 Å². The minimum atomic E-state index is -4.26. The lowest BCUT2D eigenvalue weighted by Crippen LogP contribution is -2.38. The van der Waals surface area contributed by atoms with Gasteiger partial charge >= 0.3 is 6.18 Å². The molecule has 0 unspecified atom stereocenters. The zero-order chi connectivity index (χ0) is 17.0. The Morgan fingerprint density at radius 1 is 1.12 bits per heavy atom. The fourth-order valence-corrected chi connectivity index (χ4v) is 1.80. The van der Waals surface area contributed by atoms with Crippen molar-refractivity contribution in [2.45, 2.75) is 38.8 Å². The van der Waals surface area contributed by atoms with Gasteiger partial charge in [0.15, 0.2) is 5.96 Å². The summed E-state index contributed by atoms with van der Waals surface area (Å²) in [5, 5.41) is 6.27. The SMILES string of the molecule is CCNC(=NCCCOCC(F)(F)F)NCCCOCC1CC1.I. The first-order valence-corrected chi connectivity index (χ1v) is 8.25. The van der Waals surface area contributed by atoms with E-state index >= 15 is 0 Å². The zero-order valence-corrected chi connectivity index (χ0v) is 16.5.